The molecule has 0 bridgehead atoms. The van der Waals surface area contributed by atoms with Gasteiger partial charge in [0, 0.05) is 18.4 Å². The predicted molar refractivity (Wildman–Crippen MR) is 115 cm³/mol. The molecule has 0 saturated carbocycles. The number of thiol groups is 3. The first-order valence-electron chi connectivity index (χ1n) is 9.01. The minimum Gasteiger partial charge on any atom is -0.481 e. The van der Waals surface area contributed by atoms with Crippen molar-refractivity contribution in [3.05, 3.63) is 0 Å². The molecule has 2 amide bonds. The average molecular weight is 425 g/mol. The summed E-state index contributed by atoms with van der Waals surface area (Å²) in [7, 11) is 0. The van der Waals surface area contributed by atoms with Crippen molar-refractivity contribution in [3.63, 3.8) is 0 Å². The first-order valence-corrected chi connectivity index (χ1v) is 10.9. The zero-order chi connectivity index (χ0) is 19.8. The Morgan fingerprint density at radius 2 is 1.27 bits per heavy atom. The summed E-state index contributed by atoms with van der Waals surface area (Å²) in [6, 6.07) is 0. The SMILES string of the molecule is O=C(O)CCCC(=O)NCC(=O)NC(CCCS)(CCCS)CCCS. The van der Waals surface area contributed by atoms with Crippen molar-refractivity contribution in [3.8, 4) is 0 Å². The number of carbonyl (C=O) groups excluding carboxylic acids is 2. The fourth-order valence-corrected chi connectivity index (χ4v) is 3.30. The molecule has 0 spiro atoms. The van der Waals surface area contributed by atoms with Gasteiger partial charge in [-0.25, -0.2) is 0 Å². The van der Waals surface area contributed by atoms with Crippen LogP contribution < -0.4 is 10.6 Å². The van der Waals surface area contributed by atoms with Gasteiger partial charge in [0.25, 0.3) is 0 Å². The number of aliphatic carboxylic acids is 1. The van der Waals surface area contributed by atoms with E-state index in [9.17, 15) is 14.4 Å². The Balaban J connectivity index is 4.61. The minimum atomic E-state index is -0.933. The number of rotatable bonds is 16. The Hall–Kier alpha value is -0.540. The van der Waals surface area contributed by atoms with Gasteiger partial charge in [-0.05, 0) is 62.2 Å². The molecular weight excluding hydrogens is 392 g/mol. The summed E-state index contributed by atoms with van der Waals surface area (Å²) in [5, 5.41) is 14.2. The van der Waals surface area contributed by atoms with Gasteiger partial charge in [0.05, 0.1) is 6.54 Å². The van der Waals surface area contributed by atoms with Crippen molar-refractivity contribution >= 4 is 55.7 Å². The summed E-state index contributed by atoms with van der Waals surface area (Å²) < 4.78 is 0. The maximum atomic E-state index is 12.4. The lowest BCUT2D eigenvalue weighted by molar-refractivity contribution is -0.137. The third-order valence-electron chi connectivity index (χ3n) is 4.09. The minimum absolute atomic E-state index is 0.0556. The molecule has 152 valence electrons. The normalized spacial score (nSPS) is 11.2. The standard InChI is InChI=1S/C17H32N2O4S3/c20-14(5-1-6-16(22)23)18-13-15(21)19-17(7-2-10-24,8-3-11-25)9-4-12-26/h24-26H,1-13H2,(H,18,20)(H,19,21)(H,22,23). The fraction of sp³-hybridized carbons (Fsp3) is 0.824. The second-order valence-corrected chi connectivity index (χ2v) is 7.68. The van der Waals surface area contributed by atoms with Gasteiger partial charge >= 0.3 is 5.97 Å². The van der Waals surface area contributed by atoms with Gasteiger partial charge in [-0.1, -0.05) is 0 Å². The van der Waals surface area contributed by atoms with Crippen LogP contribution in [0.25, 0.3) is 0 Å². The average Bonchev–Trinajstić information content (AvgIpc) is 2.60. The number of nitrogens with one attached hydrogen (secondary N) is 2. The fourth-order valence-electron chi connectivity index (χ4n) is 2.82. The molecule has 0 aromatic heterocycles. The van der Waals surface area contributed by atoms with Crippen LogP contribution in [0.3, 0.4) is 0 Å². The van der Waals surface area contributed by atoms with Gasteiger partial charge in [0.15, 0.2) is 0 Å². The number of amides is 2. The molecule has 0 heterocycles. The van der Waals surface area contributed by atoms with Crippen LogP contribution in [0, 0.1) is 0 Å². The van der Waals surface area contributed by atoms with E-state index in [0.717, 1.165) is 55.8 Å². The van der Waals surface area contributed by atoms with E-state index < -0.39 is 5.97 Å². The summed E-state index contributed by atoms with van der Waals surface area (Å²) in [6.07, 6.45) is 5.48. The summed E-state index contributed by atoms with van der Waals surface area (Å²) in [4.78, 5) is 34.5. The van der Waals surface area contributed by atoms with E-state index in [2.05, 4.69) is 48.5 Å². The van der Waals surface area contributed by atoms with Crippen molar-refractivity contribution < 1.29 is 19.5 Å². The number of carboxylic acid groups (broad SMARTS) is 1. The van der Waals surface area contributed by atoms with Crippen molar-refractivity contribution in [2.75, 3.05) is 23.8 Å². The highest BCUT2D eigenvalue weighted by atomic mass is 32.1. The zero-order valence-electron chi connectivity index (χ0n) is 15.2. The lowest BCUT2D eigenvalue weighted by Gasteiger charge is -2.35. The van der Waals surface area contributed by atoms with Gasteiger partial charge in [-0.15, -0.1) is 0 Å². The van der Waals surface area contributed by atoms with Crippen molar-refractivity contribution in [1.29, 1.82) is 0 Å². The number of carboxylic acids is 1. The Kier molecular flexibility index (Phi) is 15.2. The van der Waals surface area contributed by atoms with Crippen LogP contribution in [-0.4, -0.2) is 52.2 Å². The van der Waals surface area contributed by atoms with Crippen LogP contribution in [0.4, 0.5) is 0 Å². The Morgan fingerprint density at radius 1 is 0.769 bits per heavy atom. The van der Waals surface area contributed by atoms with Crippen LogP contribution in [0.1, 0.15) is 57.8 Å². The number of carbonyl (C=O) groups is 3. The van der Waals surface area contributed by atoms with Crippen molar-refractivity contribution in [2.45, 2.75) is 63.3 Å². The van der Waals surface area contributed by atoms with Crippen LogP contribution in [0.5, 0.6) is 0 Å². The van der Waals surface area contributed by atoms with E-state index in [1.807, 2.05) is 0 Å². The van der Waals surface area contributed by atoms with Gasteiger partial charge in [0.1, 0.15) is 0 Å². The molecule has 0 atom stereocenters. The van der Waals surface area contributed by atoms with Crippen LogP contribution in [0.2, 0.25) is 0 Å². The molecule has 0 aromatic carbocycles. The molecule has 0 aliphatic rings. The quantitative estimate of drug-likeness (QED) is 0.214. The number of hydrogen-bond acceptors (Lipinski definition) is 6. The molecule has 0 rings (SSSR count). The monoisotopic (exact) mass is 424 g/mol. The Bertz CT molecular complexity index is 414. The highest BCUT2D eigenvalue weighted by Gasteiger charge is 2.30. The molecule has 0 fully saturated rings. The lowest BCUT2D eigenvalue weighted by Crippen LogP contribution is -2.51. The molecule has 0 saturated heterocycles. The molecule has 0 aliphatic carbocycles. The van der Waals surface area contributed by atoms with E-state index in [1.165, 1.54) is 0 Å². The molecule has 0 aliphatic heterocycles. The first-order chi connectivity index (χ1) is 12.4. The highest BCUT2D eigenvalue weighted by molar-refractivity contribution is 7.80. The largest absolute Gasteiger partial charge is 0.481 e. The lowest BCUT2D eigenvalue weighted by atomic mass is 9.84. The summed E-state index contributed by atoms with van der Waals surface area (Å²) >= 11 is 12.8. The molecule has 0 radical (unpaired) electrons. The smallest absolute Gasteiger partial charge is 0.303 e. The van der Waals surface area contributed by atoms with E-state index in [0.29, 0.717) is 0 Å². The predicted octanol–water partition coefficient (Wildman–Crippen LogP) is 2.34. The molecular formula is C17H32N2O4S3. The van der Waals surface area contributed by atoms with Crippen molar-refractivity contribution in [2.24, 2.45) is 0 Å². The summed E-state index contributed by atoms with van der Waals surface area (Å²) in [5.41, 5.74) is -0.320. The van der Waals surface area contributed by atoms with Crippen LogP contribution >= 0.6 is 37.9 Å². The van der Waals surface area contributed by atoms with Gasteiger partial charge < -0.3 is 15.7 Å². The summed E-state index contributed by atoms with van der Waals surface area (Å²) in [5.74, 6) is 0.777. The molecule has 0 aromatic rings. The second kappa shape index (κ2) is 15.5. The van der Waals surface area contributed by atoms with E-state index in [-0.39, 0.29) is 43.2 Å². The third-order valence-corrected chi connectivity index (χ3v) is 5.03. The maximum absolute atomic E-state index is 12.4. The zero-order valence-corrected chi connectivity index (χ0v) is 17.9. The van der Waals surface area contributed by atoms with Crippen LogP contribution in [-0.2, 0) is 14.4 Å². The maximum Gasteiger partial charge on any atom is 0.303 e. The third kappa shape index (κ3) is 12.8. The summed E-state index contributed by atoms with van der Waals surface area (Å²) in [6.45, 7) is -0.101. The van der Waals surface area contributed by atoms with Gasteiger partial charge in [-0.2, -0.15) is 37.9 Å². The molecule has 9 heteroatoms. The Morgan fingerprint density at radius 3 is 1.69 bits per heavy atom. The van der Waals surface area contributed by atoms with Gasteiger partial charge in [-0.3, -0.25) is 14.4 Å². The second-order valence-electron chi connectivity index (χ2n) is 6.33. The van der Waals surface area contributed by atoms with E-state index in [1.54, 1.807) is 0 Å². The van der Waals surface area contributed by atoms with E-state index >= 15 is 0 Å². The Labute approximate surface area is 172 Å². The number of hydrogen-bond donors (Lipinski definition) is 6. The van der Waals surface area contributed by atoms with Crippen LogP contribution in [0.15, 0.2) is 0 Å². The van der Waals surface area contributed by atoms with E-state index in [4.69, 9.17) is 5.11 Å². The molecule has 26 heavy (non-hydrogen) atoms. The highest BCUT2D eigenvalue weighted by Crippen LogP contribution is 2.26. The van der Waals surface area contributed by atoms with Crippen molar-refractivity contribution in [1.82, 2.24) is 10.6 Å². The van der Waals surface area contributed by atoms with Gasteiger partial charge in [0.2, 0.25) is 11.8 Å². The molecule has 6 nitrogen and oxygen atoms in total. The molecule has 3 N–H and O–H groups in total. The molecule has 0 unspecified atom stereocenters. The topological polar surface area (TPSA) is 95.5 Å². The first kappa shape index (κ1) is 25.5.